The van der Waals surface area contributed by atoms with Crippen molar-refractivity contribution in [3.63, 3.8) is 0 Å². The summed E-state index contributed by atoms with van der Waals surface area (Å²) < 4.78 is 25.5. The van der Waals surface area contributed by atoms with Crippen molar-refractivity contribution < 1.29 is 23.1 Å². The van der Waals surface area contributed by atoms with Crippen LogP contribution in [0.5, 0.6) is 0 Å². The lowest BCUT2D eigenvalue weighted by Gasteiger charge is -2.13. The van der Waals surface area contributed by atoms with Crippen molar-refractivity contribution in [2.24, 2.45) is 0 Å². The lowest BCUT2D eigenvalue weighted by Crippen LogP contribution is -2.29. The Morgan fingerprint density at radius 3 is 2.22 bits per heavy atom. The van der Waals surface area contributed by atoms with Gasteiger partial charge in [0.05, 0.1) is 31.2 Å². The predicted molar refractivity (Wildman–Crippen MR) is 143 cm³/mol. The highest BCUT2D eigenvalue weighted by molar-refractivity contribution is 7.90. The standard InChI is InChI=1S/C25H18Cl3N3O5S/c1-37(35,36)16-5-2-4-14(10-16)15-8-9-21(19(28)11-15)31-13-20(25(34)29-12-22(32)33)30-24(31)23-17(26)6-3-7-18(23)27/h2-11,13H,12H2,1H3,(H,29,34)(H,32,33). The fourth-order valence-corrected chi connectivity index (χ4v) is 5.10. The van der Waals surface area contributed by atoms with Crippen LogP contribution >= 0.6 is 34.8 Å². The maximum absolute atomic E-state index is 12.6. The minimum absolute atomic E-state index is 0.0757. The summed E-state index contributed by atoms with van der Waals surface area (Å²) in [5, 5.41) is 12.0. The number of hydrogen-bond acceptors (Lipinski definition) is 5. The summed E-state index contributed by atoms with van der Waals surface area (Å²) >= 11 is 19.5. The molecule has 2 N–H and O–H groups in total. The number of rotatable bonds is 7. The number of aliphatic carboxylic acids is 1. The molecule has 0 spiro atoms. The van der Waals surface area contributed by atoms with E-state index < -0.39 is 28.3 Å². The molecule has 0 aliphatic carbocycles. The van der Waals surface area contributed by atoms with Gasteiger partial charge in [0.25, 0.3) is 5.91 Å². The van der Waals surface area contributed by atoms with E-state index >= 15 is 0 Å². The Kier molecular flexibility index (Phi) is 7.61. The van der Waals surface area contributed by atoms with Gasteiger partial charge in [0.1, 0.15) is 18.1 Å². The van der Waals surface area contributed by atoms with E-state index in [0.717, 1.165) is 6.26 Å². The number of amides is 1. The molecule has 37 heavy (non-hydrogen) atoms. The summed E-state index contributed by atoms with van der Waals surface area (Å²) in [6.45, 7) is -0.587. The van der Waals surface area contributed by atoms with E-state index in [2.05, 4.69) is 10.3 Å². The van der Waals surface area contributed by atoms with Gasteiger partial charge < -0.3 is 10.4 Å². The number of benzene rings is 3. The van der Waals surface area contributed by atoms with Crippen LogP contribution in [0.25, 0.3) is 28.2 Å². The summed E-state index contributed by atoms with van der Waals surface area (Å²) in [4.78, 5) is 28.0. The van der Waals surface area contributed by atoms with Gasteiger partial charge in [-0.2, -0.15) is 0 Å². The van der Waals surface area contributed by atoms with Crippen LogP contribution in [-0.4, -0.2) is 47.8 Å². The molecule has 0 atom stereocenters. The second-order valence-corrected chi connectivity index (χ2v) is 11.2. The molecule has 0 aliphatic rings. The fourth-order valence-electron chi connectivity index (χ4n) is 3.60. The number of carboxylic acid groups (broad SMARTS) is 1. The van der Waals surface area contributed by atoms with E-state index in [4.69, 9.17) is 39.9 Å². The maximum Gasteiger partial charge on any atom is 0.322 e. The predicted octanol–water partition coefficient (Wildman–Crippen LogP) is 5.38. The molecule has 0 saturated carbocycles. The number of aromatic nitrogens is 2. The smallest absolute Gasteiger partial charge is 0.322 e. The molecule has 0 unspecified atom stereocenters. The molecule has 8 nitrogen and oxygen atoms in total. The van der Waals surface area contributed by atoms with E-state index in [1.165, 1.54) is 16.8 Å². The zero-order valence-electron chi connectivity index (χ0n) is 19.1. The summed E-state index contributed by atoms with van der Waals surface area (Å²) in [6, 6.07) is 16.4. The Hall–Kier alpha value is -3.37. The highest BCUT2D eigenvalue weighted by Crippen LogP contribution is 2.37. The third-order valence-electron chi connectivity index (χ3n) is 5.33. The number of hydrogen-bond donors (Lipinski definition) is 2. The molecule has 3 aromatic carbocycles. The number of sulfone groups is 1. The van der Waals surface area contributed by atoms with Gasteiger partial charge in [0, 0.05) is 12.5 Å². The van der Waals surface area contributed by atoms with E-state index in [1.807, 2.05) is 0 Å². The van der Waals surface area contributed by atoms with Gasteiger partial charge in [-0.1, -0.05) is 59.1 Å². The van der Waals surface area contributed by atoms with Gasteiger partial charge in [-0.25, -0.2) is 13.4 Å². The molecular formula is C25H18Cl3N3O5S. The van der Waals surface area contributed by atoms with Crippen molar-refractivity contribution >= 4 is 56.5 Å². The Balaban J connectivity index is 1.84. The van der Waals surface area contributed by atoms with Crippen molar-refractivity contribution in [1.29, 1.82) is 0 Å². The fraction of sp³-hybridized carbons (Fsp3) is 0.0800. The van der Waals surface area contributed by atoms with Crippen LogP contribution in [0.15, 0.2) is 71.8 Å². The Morgan fingerprint density at radius 2 is 1.59 bits per heavy atom. The lowest BCUT2D eigenvalue weighted by molar-refractivity contribution is -0.135. The zero-order chi connectivity index (χ0) is 26.9. The highest BCUT2D eigenvalue weighted by atomic mass is 35.5. The summed E-state index contributed by atoms with van der Waals surface area (Å²) in [6.07, 6.45) is 2.53. The molecule has 0 fully saturated rings. The summed E-state index contributed by atoms with van der Waals surface area (Å²) in [7, 11) is -3.40. The van der Waals surface area contributed by atoms with Crippen LogP contribution in [0, 0.1) is 0 Å². The molecule has 1 heterocycles. The molecule has 4 rings (SSSR count). The number of halogens is 3. The van der Waals surface area contributed by atoms with Crippen LogP contribution < -0.4 is 5.32 Å². The summed E-state index contributed by atoms with van der Waals surface area (Å²) in [5.41, 5.74) is 2.01. The molecule has 190 valence electrons. The first-order chi connectivity index (χ1) is 17.5. The Morgan fingerprint density at radius 1 is 0.946 bits per heavy atom. The average Bonchev–Trinajstić information content (AvgIpc) is 3.26. The zero-order valence-corrected chi connectivity index (χ0v) is 22.2. The molecule has 0 aliphatic heterocycles. The molecule has 0 radical (unpaired) electrons. The highest BCUT2D eigenvalue weighted by Gasteiger charge is 2.22. The van der Waals surface area contributed by atoms with Crippen molar-refractivity contribution in [2.45, 2.75) is 4.90 Å². The van der Waals surface area contributed by atoms with Crippen LogP contribution in [0.4, 0.5) is 0 Å². The molecule has 4 aromatic rings. The minimum Gasteiger partial charge on any atom is -0.480 e. The second kappa shape index (κ2) is 10.5. The van der Waals surface area contributed by atoms with Crippen molar-refractivity contribution in [3.8, 4) is 28.2 Å². The molecule has 12 heteroatoms. The van der Waals surface area contributed by atoms with Crippen molar-refractivity contribution in [3.05, 3.63) is 87.6 Å². The first-order valence-electron chi connectivity index (χ1n) is 10.6. The maximum atomic E-state index is 12.6. The van der Waals surface area contributed by atoms with Crippen LogP contribution in [0.3, 0.4) is 0 Å². The molecule has 0 saturated heterocycles. The first kappa shape index (κ1) is 26.7. The number of nitrogens with zero attached hydrogens (tertiary/aromatic N) is 2. The van der Waals surface area contributed by atoms with E-state index in [0.29, 0.717) is 22.4 Å². The first-order valence-corrected chi connectivity index (χ1v) is 13.6. The van der Waals surface area contributed by atoms with Crippen LogP contribution in [0.2, 0.25) is 15.1 Å². The van der Waals surface area contributed by atoms with Crippen molar-refractivity contribution in [2.75, 3.05) is 12.8 Å². The number of imidazole rings is 1. The van der Waals surface area contributed by atoms with E-state index in [9.17, 15) is 18.0 Å². The number of carboxylic acids is 1. The van der Waals surface area contributed by atoms with E-state index in [-0.39, 0.29) is 31.5 Å². The number of carbonyl (C=O) groups is 2. The third kappa shape index (κ3) is 5.80. The second-order valence-electron chi connectivity index (χ2n) is 7.96. The number of nitrogens with one attached hydrogen (secondary N) is 1. The Bertz CT molecular complexity index is 1630. The Labute approximate surface area is 227 Å². The van der Waals surface area contributed by atoms with E-state index in [1.54, 1.807) is 54.6 Å². The van der Waals surface area contributed by atoms with Crippen LogP contribution in [0.1, 0.15) is 10.5 Å². The molecular weight excluding hydrogens is 561 g/mol. The average molecular weight is 579 g/mol. The normalized spacial score (nSPS) is 11.4. The molecule has 0 bridgehead atoms. The molecule has 1 aromatic heterocycles. The monoisotopic (exact) mass is 577 g/mol. The number of carbonyl (C=O) groups excluding carboxylic acids is 1. The largest absolute Gasteiger partial charge is 0.480 e. The lowest BCUT2D eigenvalue weighted by atomic mass is 10.1. The van der Waals surface area contributed by atoms with Gasteiger partial charge in [-0.3, -0.25) is 14.2 Å². The van der Waals surface area contributed by atoms with Gasteiger partial charge in [0.2, 0.25) is 0 Å². The third-order valence-corrected chi connectivity index (χ3v) is 7.37. The quantitative estimate of drug-likeness (QED) is 0.304. The van der Waals surface area contributed by atoms with Gasteiger partial charge in [0.15, 0.2) is 9.84 Å². The topological polar surface area (TPSA) is 118 Å². The SMILES string of the molecule is CS(=O)(=O)c1cccc(-c2ccc(-n3cc(C(=O)NCC(=O)O)nc3-c3c(Cl)cccc3Cl)c(Cl)c2)c1. The minimum atomic E-state index is -3.40. The van der Waals surface area contributed by atoms with Crippen LogP contribution in [-0.2, 0) is 14.6 Å². The van der Waals surface area contributed by atoms with Crippen molar-refractivity contribution in [1.82, 2.24) is 14.9 Å². The molecule has 1 amide bonds. The van der Waals surface area contributed by atoms with Gasteiger partial charge in [-0.05, 0) is 47.5 Å². The summed E-state index contributed by atoms with van der Waals surface area (Å²) in [5.74, 6) is -1.71. The van der Waals surface area contributed by atoms with Gasteiger partial charge >= 0.3 is 5.97 Å². The van der Waals surface area contributed by atoms with Gasteiger partial charge in [-0.15, -0.1) is 0 Å².